The summed E-state index contributed by atoms with van der Waals surface area (Å²) in [5, 5.41) is 0. The lowest BCUT2D eigenvalue weighted by Gasteiger charge is -2.25. The molecule has 4 heterocycles. The van der Waals surface area contributed by atoms with Gasteiger partial charge in [0.15, 0.2) is 5.82 Å². The van der Waals surface area contributed by atoms with Crippen LogP contribution in [0.4, 0.5) is 11.6 Å². The first-order chi connectivity index (χ1) is 12.2. The highest BCUT2D eigenvalue weighted by Crippen LogP contribution is 2.44. The van der Waals surface area contributed by atoms with Crippen molar-refractivity contribution in [1.29, 1.82) is 0 Å². The quantitative estimate of drug-likeness (QED) is 0.857. The second-order valence-corrected chi connectivity index (χ2v) is 7.78. The molecule has 2 aromatic heterocycles. The van der Waals surface area contributed by atoms with Crippen molar-refractivity contribution in [3.05, 3.63) is 35.7 Å². The lowest BCUT2D eigenvalue weighted by Crippen LogP contribution is -2.30. The second kappa shape index (κ2) is 5.64. The Morgan fingerprint density at radius 1 is 0.800 bits per heavy atom. The molecule has 6 heteroatoms. The van der Waals surface area contributed by atoms with E-state index in [0.29, 0.717) is 17.8 Å². The van der Waals surface area contributed by atoms with Gasteiger partial charge in [0.2, 0.25) is 0 Å². The van der Waals surface area contributed by atoms with Crippen molar-refractivity contribution in [2.75, 3.05) is 36.0 Å². The first kappa shape index (κ1) is 15.0. The lowest BCUT2D eigenvalue weighted by molar-refractivity contribution is 0.533. The fourth-order valence-electron chi connectivity index (χ4n) is 4.41. The van der Waals surface area contributed by atoms with Crippen molar-refractivity contribution in [2.45, 2.75) is 32.6 Å². The Balaban J connectivity index is 1.33. The van der Waals surface area contributed by atoms with Gasteiger partial charge in [-0.3, -0.25) is 4.98 Å². The molecule has 25 heavy (non-hydrogen) atoms. The molecule has 3 aliphatic rings. The Kier molecular flexibility index (Phi) is 3.40. The SMILES string of the molecule is Cc1ncnc(N2CC3CN(c4nccnc4C4CC4)CC3C2)c1C. The average molecular weight is 336 g/mol. The van der Waals surface area contributed by atoms with E-state index in [0.717, 1.165) is 43.5 Å². The Morgan fingerprint density at radius 3 is 2.12 bits per heavy atom. The van der Waals surface area contributed by atoms with Gasteiger partial charge in [-0.25, -0.2) is 15.0 Å². The number of aryl methyl sites for hydroxylation is 1. The molecule has 1 saturated carbocycles. The highest BCUT2D eigenvalue weighted by atomic mass is 15.3. The average Bonchev–Trinajstić information content (AvgIpc) is 3.28. The van der Waals surface area contributed by atoms with Crippen molar-refractivity contribution in [1.82, 2.24) is 19.9 Å². The predicted molar refractivity (Wildman–Crippen MR) is 96.9 cm³/mol. The van der Waals surface area contributed by atoms with Crippen LogP contribution < -0.4 is 9.80 Å². The number of anilines is 2. The van der Waals surface area contributed by atoms with E-state index in [1.807, 2.05) is 12.4 Å². The number of hydrogen-bond acceptors (Lipinski definition) is 6. The molecule has 5 rings (SSSR count). The van der Waals surface area contributed by atoms with Gasteiger partial charge in [0.25, 0.3) is 0 Å². The van der Waals surface area contributed by atoms with Crippen LogP contribution in [-0.2, 0) is 0 Å². The Labute approximate surface area is 148 Å². The smallest absolute Gasteiger partial charge is 0.150 e. The molecule has 0 amide bonds. The lowest BCUT2D eigenvalue weighted by atomic mass is 10.0. The summed E-state index contributed by atoms with van der Waals surface area (Å²) in [5.41, 5.74) is 3.52. The standard InChI is InChI=1S/C19H24N6/c1-12-13(2)22-11-23-18(12)24-7-15-9-25(10-16(15)8-24)19-17(14-3-4-14)20-5-6-21-19/h5-6,11,14-16H,3-4,7-10H2,1-2H3. The van der Waals surface area contributed by atoms with Crippen LogP contribution in [0.3, 0.4) is 0 Å². The summed E-state index contributed by atoms with van der Waals surface area (Å²) in [4.78, 5) is 23.1. The van der Waals surface area contributed by atoms with E-state index < -0.39 is 0 Å². The monoisotopic (exact) mass is 336 g/mol. The van der Waals surface area contributed by atoms with Crippen molar-refractivity contribution < 1.29 is 0 Å². The molecule has 1 aliphatic carbocycles. The Morgan fingerprint density at radius 2 is 1.44 bits per heavy atom. The van der Waals surface area contributed by atoms with Crippen LogP contribution in [0.15, 0.2) is 18.7 Å². The van der Waals surface area contributed by atoms with Gasteiger partial charge in [-0.2, -0.15) is 0 Å². The summed E-state index contributed by atoms with van der Waals surface area (Å²) in [6.07, 6.45) is 7.92. The number of fused-ring (bicyclic) bond motifs is 1. The first-order valence-electron chi connectivity index (χ1n) is 9.29. The molecule has 3 fully saturated rings. The second-order valence-electron chi connectivity index (χ2n) is 7.78. The van der Waals surface area contributed by atoms with Gasteiger partial charge in [0.1, 0.15) is 12.1 Å². The maximum atomic E-state index is 4.68. The molecule has 0 N–H and O–H groups in total. The van der Waals surface area contributed by atoms with E-state index >= 15 is 0 Å². The van der Waals surface area contributed by atoms with Crippen LogP contribution in [0.25, 0.3) is 0 Å². The molecule has 6 nitrogen and oxygen atoms in total. The third-order valence-electron chi connectivity index (χ3n) is 6.07. The zero-order valence-electron chi connectivity index (χ0n) is 14.9. The predicted octanol–water partition coefficient (Wildman–Crippen LogP) is 2.33. The van der Waals surface area contributed by atoms with Gasteiger partial charge in [-0.15, -0.1) is 0 Å². The highest BCUT2D eigenvalue weighted by Gasteiger charge is 2.42. The van der Waals surface area contributed by atoms with E-state index in [4.69, 9.17) is 0 Å². The molecule has 0 bridgehead atoms. The van der Waals surface area contributed by atoms with E-state index in [1.165, 1.54) is 24.1 Å². The number of nitrogens with zero attached hydrogens (tertiary/aromatic N) is 6. The topological polar surface area (TPSA) is 58.0 Å². The molecule has 0 spiro atoms. The van der Waals surface area contributed by atoms with Crippen LogP contribution >= 0.6 is 0 Å². The van der Waals surface area contributed by atoms with Crippen LogP contribution in [0.5, 0.6) is 0 Å². The molecule has 2 saturated heterocycles. The zero-order valence-corrected chi connectivity index (χ0v) is 14.9. The summed E-state index contributed by atoms with van der Waals surface area (Å²) >= 11 is 0. The molecule has 2 aromatic rings. The van der Waals surface area contributed by atoms with Crippen LogP contribution in [0, 0.1) is 25.7 Å². The Bertz CT molecular complexity index is 788. The Hall–Kier alpha value is -2.24. The molecule has 130 valence electrons. The zero-order chi connectivity index (χ0) is 17.0. The fourth-order valence-corrected chi connectivity index (χ4v) is 4.41. The van der Waals surface area contributed by atoms with Crippen molar-refractivity contribution in [3.63, 3.8) is 0 Å². The molecule has 0 aromatic carbocycles. The summed E-state index contributed by atoms with van der Waals surface area (Å²) < 4.78 is 0. The number of aromatic nitrogens is 4. The van der Waals surface area contributed by atoms with Gasteiger partial charge in [-0.1, -0.05) is 0 Å². The third kappa shape index (κ3) is 2.55. The molecular weight excluding hydrogens is 312 g/mol. The summed E-state index contributed by atoms with van der Waals surface area (Å²) in [6, 6.07) is 0. The normalized spacial score (nSPS) is 25.5. The van der Waals surface area contributed by atoms with Crippen molar-refractivity contribution in [2.24, 2.45) is 11.8 Å². The van der Waals surface area contributed by atoms with Crippen LogP contribution in [0.1, 0.15) is 35.7 Å². The summed E-state index contributed by atoms with van der Waals surface area (Å²) in [7, 11) is 0. The van der Waals surface area contributed by atoms with E-state index in [2.05, 4.69) is 43.6 Å². The molecule has 0 radical (unpaired) electrons. The summed E-state index contributed by atoms with van der Waals surface area (Å²) in [6.45, 7) is 8.53. The van der Waals surface area contributed by atoms with E-state index in [1.54, 1.807) is 6.33 Å². The highest BCUT2D eigenvalue weighted by molar-refractivity contribution is 5.51. The maximum Gasteiger partial charge on any atom is 0.150 e. The fraction of sp³-hybridized carbons (Fsp3) is 0.579. The number of rotatable bonds is 3. The molecule has 2 unspecified atom stereocenters. The van der Waals surface area contributed by atoms with E-state index in [-0.39, 0.29) is 0 Å². The molecule has 2 aliphatic heterocycles. The van der Waals surface area contributed by atoms with Gasteiger partial charge in [0.05, 0.1) is 5.69 Å². The van der Waals surface area contributed by atoms with Crippen LogP contribution in [-0.4, -0.2) is 46.1 Å². The molecular formula is C19H24N6. The minimum atomic E-state index is 0.646. The van der Waals surface area contributed by atoms with Gasteiger partial charge in [0, 0.05) is 67.6 Å². The maximum absolute atomic E-state index is 4.68. The van der Waals surface area contributed by atoms with Gasteiger partial charge >= 0.3 is 0 Å². The minimum Gasteiger partial charge on any atom is -0.356 e. The van der Waals surface area contributed by atoms with E-state index in [9.17, 15) is 0 Å². The summed E-state index contributed by atoms with van der Waals surface area (Å²) in [5.74, 6) is 4.27. The van der Waals surface area contributed by atoms with Crippen molar-refractivity contribution >= 4 is 11.6 Å². The van der Waals surface area contributed by atoms with Gasteiger partial charge < -0.3 is 9.80 Å². The van der Waals surface area contributed by atoms with Crippen molar-refractivity contribution in [3.8, 4) is 0 Å². The minimum absolute atomic E-state index is 0.646. The first-order valence-corrected chi connectivity index (χ1v) is 9.29. The number of hydrogen-bond donors (Lipinski definition) is 0. The largest absolute Gasteiger partial charge is 0.356 e. The third-order valence-corrected chi connectivity index (χ3v) is 6.07. The van der Waals surface area contributed by atoms with Gasteiger partial charge in [-0.05, 0) is 26.7 Å². The molecule has 2 atom stereocenters. The van der Waals surface area contributed by atoms with Crippen LogP contribution in [0.2, 0.25) is 0 Å².